The molecule has 0 saturated heterocycles. The zero-order valence-corrected chi connectivity index (χ0v) is 17.1. The Morgan fingerprint density at radius 2 is 1.96 bits per heavy atom. The van der Waals surface area contributed by atoms with E-state index in [1.54, 1.807) is 31.2 Å². The molecule has 2 aromatic carbocycles. The van der Waals surface area contributed by atoms with Gasteiger partial charge in [0.25, 0.3) is 0 Å². The Morgan fingerprint density at radius 3 is 2.64 bits per heavy atom. The maximum atomic E-state index is 12.9. The number of hydrogen-bond donors (Lipinski definition) is 2. The van der Waals surface area contributed by atoms with Crippen molar-refractivity contribution in [1.29, 1.82) is 0 Å². The van der Waals surface area contributed by atoms with Crippen molar-refractivity contribution < 1.29 is 14.3 Å². The Kier molecular flexibility index (Phi) is 5.79. The average molecular weight is 397 g/mol. The maximum absolute atomic E-state index is 12.9. The van der Waals surface area contributed by atoms with Crippen molar-refractivity contribution >= 4 is 34.4 Å². The van der Waals surface area contributed by atoms with Gasteiger partial charge < -0.3 is 14.8 Å². The van der Waals surface area contributed by atoms with Gasteiger partial charge in [0.05, 0.1) is 17.0 Å². The van der Waals surface area contributed by atoms with Crippen LogP contribution in [0.5, 0.6) is 0 Å². The quantitative estimate of drug-likeness (QED) is 0.543. The lowest BCUT2D eigenvalue weighted by Crippen LogP contribution is -2.13. The van der Waals surface area contributed by atoms with Crippen molar-refractivity contribution in [3.63, 3.8) is 0 Å². The number of hydrogen-bond acceptors (Lipinski definition) is 5. The Balaban J connectivity index is 2.14. The number of thioether (sulfide) groups is 1. The second-order valence-electron chi connectivity index (χ2n) is 6.72. The monoisotopic (exact) mass is 397 g/mol. The number of rotatable bonds is 6. The van der Waals surface area contributed by atoms with Crippen molar-refractivity contribution in [1.82, 2.24) is 0 Å². The van der Waals surface area contributed by atoms with E-state index in [2.05, 4.69) is 5.32 Å². The molecule has 146 valence electrons. The molecule has 0 aliphatic heterocycles. The molecule has 0 unspecified atom stereocenters. The molecule has 3 aromatic rings. The minimum Gasteiger partial charge on any atom is -0.478 e. The number of benzene rings is 2. The van der Waals surface area contributed by atoms with Gasteiger partial charge in [-0.25, -0.2) is 4.79 Å². The molecule has 0 aliphatic rings. The Hall–Kier alpha value is -2.73. The largest absolute Gasteiger partial charge is 0.478 e. The first-order valence-corrected chi connectivity index (χ1v) is 10.1. The van der Waals surface area contributed by atoms with Gasteiger partial charge in [-0.15, -0.1) is 0 Å². The Labute approximate surface area is 167 Å². The summed E-state index contributed by atoms with van der Waals surface area (Å²) in [5.41, 5.74) is 3.63. The van der Waals surface area contributed by atoms with Gasteiger partial charge in [-0.1, -0.05) is 36.9 Å². The average Bonchev–Trinajstić information content (AvgIpc) is 2.66. The third-order valence-electron chi connectivity index (χ3n) is 4.62. The first-order chi connectivity index (χ1) is 13.3. The number of aryl methyl sites for hydroxylation is 1. The van der Waals surface area contributed by atoms with E-state index >= 15 is 0 Å². The van der Waals surface area contributed by atoms with Crippen molar-refractivity contribution in [3.8, 4) is 0 Å². The highest BCUT2D eigenvalue weighted by molar-refractivity contribution is 7.99. The van der Waals surface area contributed by atoms with Crippen LogP contribution in [-0.2, 0) is 0 Å². The molecule has 0 spiro atoms. The van der Waals surface area contributed by atoms with Crippen molar-refractivity contribution in [3.05, 3.63) is 68.9 Å². The number of carboxylic acids is 1. The maximum Gasteiger partial charge on any atom is 0.337 e. The fourth-order valence-electron chi connectivity index (χ4n) is 3.24. The van der Waals surface area contributed by atoms with E-state index in [4.69, 9.17) is 4.42 Å². The highest BCUT2D eigenvalue weighted by Crippen LogP contribution is 2.32. The van der Waals surface area contributed by atoms with Gasteiger partial charge in [0.15, 0.2) is 10.5 Å². The Bertz CT molecular complexity index is 1100. The number of aromatic carboxylic acids is 1. The normalized spacial score (nSPS) is 12.1. The van der Waals surface area contributed by atoms with Gasteiger partial charge in [-0.2, -0.15) is 0 Å². The van der Waals surface area contributed by atoms with Gasteiger partial charge in [0.2, 0.25) is 0 Å². The van der Waals surface area contributed by atoms with Gasteiger partial charge in [0.1, 0.15) is 5.58 Å². The van der Waals surface area contributed by atoms with E-state index in [-0.39, 0.29) is 17.0 Å². The number of para-hydroxylation sites is 1. The molecule has 1 heterocycles. The van der Waals surface area contributed by atoms with E-state index in [0.717, 1.165) is 16.9 Å². The van der Waals surface area contributed by atoms with Gasteiger partial charge in [0, 0.05) is 16.8 Å². The number of fused-ring (bicyclic) bond motifs is 1. The van der Waals surface area contributed by atoms with Crippen LogP contribution in [0.15, 0.2) is 50.7 Å². The molecule has 0 aliphatic carbocycles. The van der Waals surface area contributed by atoms with Gasteiger partial charge in [-0.3, -0.25) is 4.79 Å². The number of carbonyl (C=O) groups is 1. The standard InChI is InChI=1S/C22H23NO4S/c1-5-28-22-13(3)19(24)17-11-12(2)10-16(20(17)27-22)14(4)23-18-9-7-6-8-15(18)21(25)26/h6-11,14,23H,5H2,1-4H3,(H,25,26)/t14-/m1/s1. The summed E-state index contributed by atoms with van der Waals surface area (Å²) in [6, 6.07) is 10.3. The van der Waals surface area contributed by atoms with Crippen LogP contribution >= 0.6 is 11.8 Å². The molecule has 0 bridgehead atoms. The molecule has 6 heteroatoms. The molecular weight excluding hydrogens is 374 g/mol. The first kappa shape index (κ1) is 20.0. The molecule has 3 rings (SSSR count). The predicted molar refractivity (Wildman–Crippen MR) is 114 cm³/mol. The predicted octanol–water partition coefficient (Wildman–Crippen LogP) is 5.39. The van der Waals surface area contributed by atoms with Crippen LogP contribution in [-0.4, -0.2) is 16.8 Å². The smallest absolute Gasteiger partial charge is 0.337 e. The third-order valence-corrected chi connectivity index (χ3v) is 5.56. The van der Waals surface area contributed by atoms with Gasteiger partial charge >= 0.3 is 5.97 Å². The summed E-state index contributed by atoms with van der Waals surface area (Å²) in [5.74, 6) is -0.191. The van der Waals surface area contributed by atoms with E-state index < -0.39 is 5.97 Å². The number of nitrogens with one attached hydrogen (secondary N) is 1. The SMILES string of the molecule is CCSc1oc2c([C@@H](C)Nc3ccccc3C(=O)O)cc(C)cc2c(=O)c1C. The summed E-state index contributed by atoms with van der Waals surface area (Å²) >= 11 is 1.50. The van der Waals surface area contributed by atoms with Crippen LogP contribution in [0.2, 0.25) is 0 Å². The van der Waals surface area contributed by atoms with E-state index in [9.17, 15) is 14.7 Å². The molecule has 28 heavy (non-hydrogen) atoms. The van der Waals surface area contributed by atoms with Crippen LogP contribution in [0.1, 0.15) is 46.9 Å². The molecule has 0 radical (unpaired) electrons. The van der Waals surface area contributed by atoms with Crippen LogP contribution < -0.4 is 10.7 Å². The zero-order chi connectivity index (χ0) is 20.4. The minimum absolute atomic E-state index is 0.0275. The molecule has 0 fully saturated rings. The summed E-state index contributed by atoms with van der Waals surface area (Å²) < 4.78 is 6.14. The molecule has 5 nitrogen and oxygen atoms in total. The van der Waals surface area contributed by atoms with Crippen LogP contribution in [0, 0.1) is 13.8 Å². The third kappa shape index (κ3) is 3.78. The lowest BCUT2D eigenvalue weighted by Gasteiger charge is -2.19. The fourth-order valence-corrected chi connectivity index (χ4v) is 3.96. The summed E-state index contributed by atoms with van der Waals surface area (Å²) in [6.07, 6.45) is 0. The van der Waals surface area contributed by atoms with Crippen LogP contribution in [0.25, 0.3) is 11.0 Å². The summed E-state index contributed by atoms with van der Waals surface area (Å²) in [7, 11) is 0. The minimum atomic E-state index is -0.992. The summed E-state index contributed by atoms with van der Waals surface area (Å²) in [4.78, 5) is 24.4. The number of carboxylic acid groups (broad SMARTS) is 1. The fraction of sp³-hybridized carbons (Fsp3) is 0.273. The molecule has 0 amide bonds. The summed E-state index contributed by atoms with van der Waals surface area (Å²) in [5, 5.41) is 13.9. The van der Waals surface area contributed by atoms with E-state index in [1.807, 2.05) is 32.9 Å². The molecule has 1 atom stereocenters. The lowest BCUT2D eigenvalue weighted by molar-refractivity contribution is 0.0698. The molecule has 2 N–H and O–H groups in total. The zero-order valence-electron chi connectivity index (χ0n) is 16.3. The second-order valence-corrected chi connectivity index (χ2v) is 7.96. The lowest BCUT2D eigenvalue weighted by atomic mass is 10.00. The highest BCUT2D eigenvalue weighted by atomic mass is 32.2. The molecular formula is C22H23NO4S. The summed E-state index contributed by atoms with van der Waals surface area (Å²) in [6.45, 7) is 7.66. The van der Waals surface area contributed by atoms with Crippen molar-refractivity contribution in [2.45, 2.75) is 38.8 Å². The Morgan fingerprint density at radius 1 is 1.25 bits per heavy atom. The van der Waals surface area contributed by atoms with E-state index in [0.29, 0.717) is 27.3 Å². The molecule has 1 aromatic heterocycles. The molecule has 0 saturated carbocycles. The van der Waals surface area contributed by atoms with Crippen molar-refractivity contribution in [2.75, 3.05) is 11.1 Å². The first-order valence-electron chi connectivity index (χ1n) is 9.13. The highest BCUT2D eigenvalue weighted by Gasteiger charge is 2.19. The van der Waals surface area contributed by atoms with Crippen molar-refractivity contribution in [2.24, 2.45) is 0 Å². The number of anilines is 1. The van der Waals surface area contributed by atoms with Gasteiger partial charge in [-0.05, 0) is 50.3 Å². The topological polar surface area (TPSA) is 79.5 Å². The second kappa shape index (κ2) is 8.10. The van der Waals surface area contributed by atoms with E-state index in [1.165, 1.54) is 11.8 Å². The van der Waals surface area contributed by atoms with Crippen LogP contribution in [0.4, 0.5) is 5.69 Å². The van der Waals surface area contributed by atoms with Crippen LogP contribution in [0.3, 0.4) is 0 Å².